The van der Waals surface area contributed by atoms with Crippen molar-refractivity contribution in [1.29, 1.82) is 0 Å². The lowest BCUT2D eigenvalue weighted by Crippen LogP contribution is -2.41. The van der Waals surface area contributed by atoms with E-state index in [-0.39, 0.29) is 11.8 Å². The number of anilines is 2. The Hall–Kier alpha value is -2.04. The highest BCUT2D eigenvalue weighted by atomic mass is 35.5. The van der Waals surface area contributed by atoms with E-state index in [2.05, 4.69) is 5.32 Å². The molecule has 3 rings (SSSR count). The largest absolute Gasteiger partial charge is 0.324 e. The van der Waals surface area contributed by atoms with Gasteiger partial charge in [-0.25, -0.2) is 0 Å². The summed E-state index contributed by atoms with van der Waals surface area (Å²) in [7, 11) is 0. The van der Waals surface area contributed by atoms with Crippen molar-refractivity contribution in [3.05, 3.63) is 58.1 Å². The van der Waals surface area contributed by atoms with Gasteiger partial charge in [0.05, 0.1) is 0 Å². The minimum absolute atomic E-state index is 0.0692. The SMILES string of the molecule is Cc1c(Cl)cccc1NC(=O)C1CCC(=O)N1c1ccc(Cl)cc1. The number of amides is 2. The Bertz CT molecular complexity index is 790. The molecular formula is C18H16Cl2N2O2. The Morgan fingerprint density at radius 1 is 1.17 bits per heavy atom. The van der Waals surface area contributed by atoms with Crippen molar-refractivity contribution in [1.82, 2.24) is 0 Å². The van der Waals surface area contributed by atoms with E-state index in [1.54, 1.807) is 42.5 Å². The second kappa shape index (κ2) is 6.83. The van der Waals surface area contributed by atoms with Crippen LogP contribution in [-0.4, -0.2) is 17.9 Å². The van der Waals surface area contributed by atoms with Crippen molar-refractivity contribution >= 4 is 46.4 Å². The zero-order valence-electron chi connectivity index (χ0n) is 13.1. The number of nitrogens with one attached hydrogen (secondary N) is 1. The van der Waals surface area contributed by atoms with Crippen molar-refractivity contribution in [3.8, 4) is 0 Å². The maximum Gasteiger partial charge on any atom is 0.247 e. The maximum absolute atomic E-state index is 12.7. The van der Waals surface area contributed by atoms with E-state index in [9.17, 15) is 9.59 Å². The lowest BCUT2D eigenvalue weighted by Gasteiger charge is -2.24. The third kappa shape index (κ3) is 3.25. The number of carbonyl (C=O) groups is 2. The molecule has 0 bridgehead atoms. The van der Waals surface area contributed by atoms with Crippen molar-refractivity contribution < 1.29 is 9.59 Å². The van der Waals surface area contributed by atoms with E-state index in [4.69, 9.17) is 23.2 Å². The minimum Gasteiger partial charge on any atom is -0.324 e. The van der Waals surface area contributed by atoms with Crippen LogP contribution in [0.2, 0.25) is 10.0 Å². The molecule has 1 heterocycles. The Morgan fingerprint density at radius 2 is 1.88 bits per heavy atom. The van der Waals surface area contributed by atoms with E-state index >= 15 is 0 Å². The van der Waals surface area contributed by atoms with Crippen molar-refractivity contribution in [3.63, 3.8) is 0 Å². The Labute approximate surface area is 150 Å². The van der Waals surface area contributed by atoms with Gasteiger partial charge in [-0.2, -0.15) is 0 Å². The fraction of sp³-hybridized carbons (Fsp3) is 0.222. The van der Waals surface area contributed by atoms with E-state index < -0.39 is 6.04 Å². The molecular weight excluding hydrogens is 347 g/mol. The molecule has 1 N–H and O–H groups in total. The molecule has 1 saturated heterocycles. The Balaban J connectivity index is 1.84. The van der Waals surface area contributed by atoms with Crippen LogP contribution in [-0.2, 0) is 9.59 Å². The first-order valence-corrected chi connectivity index (χ1v) is 8.36. The van der Waals surface area contributed by atoms with E-state index in [1.807, 2.05) is 6.92 Å². The van der Waals surface area contributed by atoms with Crippen LogP contribution in [0, 0.1) is 6.92 Å². The van der Waals surface area contributed by atoms with Gasteiger partial charge in [-0.3, -0.25) is 14.5 Å². The van der Waals surface area contributed by atoms with Gasteiger partial charge in [0, 0.05) is 27.8 Å². The number of hydrogen-bond acceptors (Lipinski definition) is 2. The molecule has 0 aromatic heterocycles. The van der Waals surface area contributed by atoms with Crippen LogP contribution in [0.4, 0.5) is 11.4 Å². The van der Waals surface area contributed by atoms with Gasteiger partial charge >= 0.3 is 0 Å². The van der Waals surface area contributed by atoms with Crippen molar-refractivity contribution in [2.75, 3.05) is 10.2 Å². The topological polar surface area (TPSA) is 49.4 Å². The van der Waals surface area contributed by atoms with E-state index in [0.29, 0.717) is 34.3 Å². The molecule has 0 spiro atoms. The van der Waals surface area contributed by atoms with Crippen LogP contribution in [0.3, 0.4) is 0 Å². The van der Waals surface area contributed by atoms with Gasteiger partial charge in [0.1, 0.15) is 6.04 Å². The maximum atomic E-state index is 12.7. The van der Waals surface area contributed by atoms with Crippen molar-refractivity contribution in [2.24, 2.45) is 0 Å². The smallest absolute Gasteiger partial charge is 0.247 e. The first-order chi connectivity index (χ1) is 11.5. The van der Waals surface area contributed by atoms with Crippen LogP contribution in [0.1, 0.15) is 18.4 Å². The molecule has 1 atom stereocenters. The van der Waals surface area contributed by atoms with E-state index in [0.717, 1.165) is 5.56 Å². The average Bonchev–Trinajstić information content (AvgIpc) is 2.94. The summed E-state index contributed by atoms with van der Waals surface area (Å²) in [5, 5.41) is 4.05. The third-order valence-electron chi connectivity index (χ3n) is 4.15. The molecule has 1 unspecified atom stereocenters. The number of benzene rings is 2. The van der Waals surface area contributed by atoms with Crippen molar-refractivity contribution in [2.45, 2.75) is 25.8 Å². The molecule has 4 nitrogen and oxygen atoms in total. The van der Waals surface area contributed by atoms with Gasteiger partial charge in [0.25, 0.3) is 0 Å². The van der Waals surface area contributed by atoms with Gasteiger partial charge < -0.3 is 5.32 Å². The summed E-state index contributed by atoms with van der Waals surface area (Å²) in [5.74, 6) is -0.290. The highest BCUT2D eigenvalue weighted by molar-refractivity contribution is 6.32. The summed E-state index contributed by atoms with van der Waals surface area (Å²) in [5.41, 5.74) is 2.13. The molecule has 6 heteroatoms. The highest BCUT2D eigenvalue weighted by Gasteiger charge is 2.37. The second-order valence-corrected chi connectivity index (χ2v) is 6.54. The fourth-order valence-electron chi connectivity index (χ4n) is 2.82. The number of carbonyl (C=O) groups excluding carboxylic acids is 2. The predicted molar refractivity (Wildman–Crippen MR) is 96.8 cm³/mol. The lowest BCUT2D eigenvalue weighted by atomic mass is 10.1. The van der Waals surface area contributed by atoms with Gasteiger partial charge in [0.2, 0.25) is 11.8 Å². The molecule has 24 heavy (non-hydrogen) atoms. The first kappa shape index (κ1) is 16.8. The van der Waals surface area contributed by atoms with E-state index in [1.165, 1.54) is 4.90 Å². The zero-order chi connectivity index (χ0) is 17.3. The summed E-state index contributed by atoms with van der Waals surface area (Å²) >= 11 is 12.0. The molecule has 2 amide bonds. The van der Waals surface area contributed by atoms with Crippen LogP contribution in [0.5, 0.6) is 0 Å². The molecule has 0 aliphatic carbocycles. The lowest BCUT2D eigenvalue weighted by molar-refractivity contribution is -0.120. The number of nitrogens with zero attached hydrogens (tertiary/aromatic N) is 1. The van der Waals surface area contributed by atoms with Gasteiger partial charge in [-0.05, 0) is 55.3 Å². The monoisotopic (exact) mass is 362 g/mol. The van der Waals surface area contributed by atoms with Crippen LogP contribution < -0.4 is 10.2 Å². The average molecular weight is 363 g/mol. The molecule has 2 aromatic rings. The molecule has 0 radical (unpaired) electrons. The molecule has 1 aliphatic rings. The van der Waals surface area contributed by atoms with Crippen LogP contribution in [0.15, 0.2) is 42.5 Å². The highest BCUT2D eigenvalue weighted by Crippen LogP contribution is 2.29. The predicted octanol–water partition coefficient (Wildman–Crippen LogP) is 4.44. The molecule has 1 aliphatic heterocycles. The summed E-state index contributed by atoms with van der Waals surface area (Å²) in [6.45, 7) is 1.84. The standard InChI is InChI=1S/C18H16Cl2N2O2/c1-11-14(20)3-2-4-15(11)21-18(24)16-9-10-17(23)22(16)13-7-5-12(19)6-8-13/h2-8,16H,9-10H2,1H3,(H,21,24). The van der Waals surface area contributed by atoms with Crippen LogP contribution in [0.25, 0.3) is 0 Å². The first-order valence-electron chi connectivity index (χ1n) is 7.61. The number of hydrogen-bond donors (Lipinski definition) is 1. The second-order valence-electron chi connectivity index (χ2n) is 5.70. The normalized spacial score (nSPS) is 17.2. The minimum atomic E-state index is -0.544. The molecule has 124 valence electrons. The summed E-state index contributed by atoms with van der Waals surface area (Å²) in [6, 6.07) is 11.7. The number of halogens is 2. The molecule has 0 saturated carbocycles. The van der Waals surface area contributed by atoms with Crippen LogP contribution >= 0.6 is 23.2 Å². The Morgan fingerprint density at radius 3 is 2.58 bits per heavy atom. The quantitative estimate of drug-likeness (QED) is 0.877. The summed E-state index contributed by atoms with van der Waals surface area (Å²) in [4.78, 5) is 26.5. The number of rotatable bonds is 3. The zero-order valence-corrected chi connectivity index (χ0v) is 14.6. The fourth-order valence-corrected chi connectivity index (χ4v) is 3.12. The summed E-state index contributed by atoms with van der Waals surface area (Å²) < 4.78 is 0. The van der Waals surface area contributed by atoms with Gasteiger partial charge in [0.15, 0.2) is 0 Å². The Kier molecular flexibility index (Phi) is 4.78. The van der Waals surface area contributed by atoms with Gasteiger partial charge in [-0.1, -0.05) is 29.3 Å². The molecule has 1 fully saturated rings. The molecule has 2 aromatic carbocycles. The summed E-state index contributed by atoms with van der Waals surface area (Å²) in [6.07, 6.45) is 0.822. The third-order valence-corrected chi connectivity index (χ3v) is 4.81. The van der Waals surface area contributed by atoms with Gasteiger partial charge in [-0.15, -0.1) is 0 Å².